The summed E-state index contributed by atoms with van der Waals surface area (Å²) in [5.41, 5.74) is 0. The number of rotatable bonds is 6. The predicted molar refractivity (Wildman–Crippen MR) is 58.5 cm³/mol. The average Bonchev–Trinajstić information content (AvgIpc) is 2.97. The molecule has 0 bridgehead atoms. The van der Waals surface area contributed by atoms with E-state index in [1.54, 1.807) is 4.90 Å². The molecule has 3 nitrogen and oxygen atoms in total. The Bertz CT molecular complexity index is 264. The van der Waals surface area contributed by atoms with Crippen molar-refractivity contribution in [2.75, 3.05) is 13.1 Å². The fraction of sp³-hybridized carbons (Fsp3) is 0.909. The van der Waals surface area contributed by atoms with E-state index in [0.29, 0.717) is 12.6 Å². The molecule has 1 aliphatic carbocycles. The van der Waals surface area contributed by atoms with Crippen molar-refractivity contribution in [3.63, 3.8) is 0 Å². The first-order valence-corrected chi connectivity index (χ1v) is 5.93. The second kappa shape index (κ2) is 5.71. The van der Waals surface area contributed by atoms with E-state index in [2.05, 4.69) is 5.32 Å². The Hall–Kier alpha value is -0.780. The highest BCUT2D eigenvalue weighted by Crippen LogP contribution is 2.26. The quantitative estimate of drug-likeness (QED) is 0.783. The number of alkyl halides is 3. The Morgan fingerprint density at radius 2 is 2.06 bits per heavy atom. The van der Waals surface area contributed by atoms with Crippen molar-refractivity contribution in [3.8, 4) is 0 Å². The van der Waals surface area contributed by atoms with Crippen molar-refractivity contribution >= 4 is 5.91 Å². The van der Waals surface area contributed by atoms with Crippen LogP contribution in [0.2, 0.25) is 0 Å². The molecule has 6 heteroatoms. The molecule has 1 rings (SSSR count). The topological polar surface area (TPSA) is 32.3 Å². The van der Waals surface area contributed by atoms with Gasteiger partial charge in [0.25, 0.3) is 0 Å². The van der Waals surface area contributed by atoms with Crippen molar-refractivity contribution < 1.29 is 18.0 Å². The summed E-state index contributed by atoms with van der Waals surface area (Å²) in [6.07, 6.45) is -3.07. The predicted octanol–water partition coefficient (Wildman–Crippen LogP) is 1.93. The van der Waals surface area contributed by atoms with Crippen LogP contribution in [-0.4, -0.2) is 42.2 Å². The number of nitrogens with zero attached hydrogens (tertiary/aromatic N) is 1. The molecule has 0 saturated heterocycles. The number of halogens is 3. The van der Waals surface area contributed by atoms with Gasteiger partial charge in [-0.1, -0.05) is 0 Å². The lowest BCUT2D eigenvalue weighted by Gasteiger charge is -2.22. The molecule has 0 heterocycles. The fourth-order valence-electron chi connectivity index (χ4n) is 1.81. The normalized spacial score (nSPS) is 17.9. The Morgan fingerprint density at radius 3 is 2.47 bits per heavy atom. The van der Waals surface area contributed by atoms with Crippen molar-refractivity contribution in [2.45, 2.75) is 51.4 Å². The van der Waals surface area contributed by atoms with E-state index in [9.17, 15) is 18.0 Å². The zero-order chi connectivity index (χ0) is 13.1. The van der Waals surface area contributed by atoms with Crippen molar-refractivity contribution in [3.05, 3.63) is 0 Å². The Kier molecular flexibility index (Phi) is 4.80. The van der Waals surface area contributed by atoms with Crippen molar-refractivity contribution in [1.29, 1.82) is 0 Å². The Balaban J connectivity index is 2.27. The molecule has 1 saturated carbocycles. The van der Waals surface area contributed by atoms with E-state index >= 15 is 0 Å². The first-order valence-electron chi connectivity index (χ1n) is 5.93. The molecule has 0 aromatic heterocycles. The van der Waals surface area contributed by atoms with E-state index in [-0.39, 0.29) is 12.5 Å². The van der Waals surface area contributed by atoms with Crippen LogP contribution in [0.4, 0.5) is 13.2 Å². The van der Waals surface area contributed by atoms with Crippen LogP contribution in [0.3, 0.4) is 0 Å². The fourth-order valence-corrected chi connectivity index (χ4v) is 1.81. The van der Waals surface area contributed by atoms with Gasteiger partial charge in [-0.05, 0) is 26.7 Å². The van der Waals surface area contributed by atoms with E-state index in [4.69, 9.17) is 0 Å². The summed E-state index contributed by atoms with van der Waals surface area (Å²) in [5, 5.41) is 2.63. The van der Waals surface area contributed by atoms with E-state index in [1.165, 1.54) is 6.92 Å². The number of nitrogens with one attached hydrogen (secondary N) is 1. The number of hydrogen-bond acceptors (Lipinski definition) is 2. The molecule has 0 radical (unpaired) electrons. The van der Waals surface area contributed by atoms with Crippen LogP contribution in [-0.2, 0) is 4.79 Å². The third kappa shape index (κ3) is 5.39. The van der Waals surface area contributed by atoms with Crippen LogP contribution in [0, 0.1) is 0 Å². The summed E-state index contributed by atoms with van der Waals surface area (Å²) in [6.45, 7) is 3.93. The first-order chi connectivity index (χ1) is 7.83. The lowest BCUT2D eigenvalue weighted by atomic mass is 10.2. The van der Waals surface area contributed by atoms with Crippen LogP contribution in [0.25, 0.3) is 0 Å². The number of hydrogen-bond donors (Lipinski definition) is 1. The number of carbonyl (C=O) groups excluding carboxylic acids is 1. The molecular weight excluding hydrogens is 233 g/mol. The molecule has 1 amide bonds. The summed E-state index contributed by atoms with van der Waals surface area (Å²) in [5.74, 6) is -0.107. The molecule has 0 aromatic rings. The SMILES string of the molecule is CCN(C(=O)CNC(C)CC(F)(F)F)C1CC1. The standard InChI is InChI=1S/C11H19F3N2O/c1-3-16(9-4-5-9)10(17)7-15-8(2)6-11(12,13)14/h8-9,15H,3-7H2,1-2H3. The summed E-state index contributed by atoms with van der Waals surface area (Å²) in [6, 6.07) is -0.413. The van der Waals surface area contributed by atoms with Crippen LogP contribution >= 0.6 is 0 Å². The molecule has 1 aliphatic rings. The maximum Gasteiger partial charge on any atom is 0.390 e. The summed E-state index contributed by atoms with van der Waals surface area (Å²) in [7, 11) is 0. The molecule has 1 atom stereocenters. The minimum absolute atomic E-state index is 0.0123. The van der Waals surface area contributed by atoms with E-state index in [1.807, 2.05) is 6.92 Å². The summed E-state index contributed by atoms with van der Waals surface area (Å²) < 4.78 is 36.2. The molecule has 100 valence electrons. The first kappa shape index (κ1) is 14.3. The second-order valence-electron chi connectivity index (χ2n) is 4.51. The van der Waals surface area contributed by atoms with Crippen LogP contribution < -0.4 is 5.32 Å². The molecule has 1 unspecified atom stereocenters. The highest BCUT2D eigenvalue weighted by atomic mass is 19.4. The zero-order valence-corrected chi connectivity index (χ0v) is 10.2. The van der Waals surface area contributed by atoms with Gasteiger partial charge in [-0.15, -0.1) is 0 Å². The molecule has 0 aromatic carbocycles. The van der Waals surface area contributed by atoms with Gasteiger partial charge in [0.1, 0.15) is 0 Å². The smallest absolute Gasteiger partial charge is 0.339 e. The van der Waals surface area contributed by atoms with E-state index in [0.717, 1.165) is 12.8 Å². The lowest BCUT2D eigenvalue weighted by Crippen LogP contribution is -2.42. The third-order valence-corrected chi connectivity index (χ3v) is 2.79. The van der Waals surface area contributed by atoms with Crippen molar-refractivity contribution in [2.24, 2.45) is 0 Å². The Morgan fingerprint density at radius 1 is 1.47 bits per heavy atom. The van der Waals surface area contributed by atoms with Gasteiger partial charge in [0, 0.05) is 18.6 Å². The van der Waals surface area contributed by atoms with Gasteiger partial charge in [-0.2, -0.15) is 13.2 Å². The van der Waals surface area contributed by atoms with Crippen molar-refractivity contribution in [1.82, 2.24) is 10.2 Å². The maximum absolute atomic E-state index is 12.1. The average molecular weight is 252 g/mol. The number of likely N-dealkylation sites (N-methyl/N-ethyl adjacent to an activating group) is 1. The second-order valence-corrected chi connectivity index (χ2v) is 4.51. The van der Waals surface area contributed by atoms with Gasteiger partial charge in [0.15, 0.2) is 0 Å². The minimum Gasteiger partial charge on any atom is -0.339 e. The van der Waals surface area contributed by atoms with Gasteiger partial charge in [0.05, 0.1) is 13.0 Å². The number of amides is 1. The van der Waals surface area contributed by atoms with Gasteiger partial charge in [-0.25, -0.2) is 0 Å². The van der Waals surface area contributed by atoms with Gasteiger partial charge in [0.2, 0.25) is 5.91 Å². The van der Waals surface area contributed by atoms with Crippen LogP contribution in [0.15, 0.2) is 0 Å². The van der Waals surface area contributed by atoms with Gasteiger partial charge >= 0.3 is 6.18 Å². The van der Waals surface area contributed by atoms with Crippen LogP contribution in [0.5, 0.6) is 0 Å². The van der Waals surface area contributed by atoms with Gasteiger partial charge in [-0.3, -0.25) is 4.79 Å². The minimum atomic E-state index is -4.18. The van der Waals surface area contributed by atoms with E-state index < -0.39 is 18.6 Å². The molecule has 0 aliphatic heterocycles. The zero-order valence-electron chi connectivity index (χ0n) is 10.2. The highest BCUT2D eigenvalue weighted by Gasteiger charge is 2.32. The van der Waals surface area contributed by atoms with Gasteiger partial charge < -0.3 is 10.2 Å². The Labute approximate surface area is 99.4 Å². The monoisotopic (exact) mass is 252 g/mol. The largest absolute Gasteiger partial charge is 0.390 e. The molecule has 1 fully saturated rings. The summed E-state index contributed by atoms with van der Waals surface area (Å²) in [4.78, 5) is 13.4. The molecule has 0 spiro atoms. The maximum atomic E-state index is 12.1. The highest BCUT2D eigenvalue weighted by molar-refractivity contribution is 5.78. The molecular formula is C11H19F3N2O. The lowest BCUT2D eigenvalue weighted by molar-refractivity contribution is -0.141. The molecule has 1 N–H and O–H groups in total. The van der Waals surface area contributed by atoms with Crippen LogP contribution in [0.1, 0.15) is 33.1 Å². The third-order valence-electron chi connectivity index (χ3n) is 2.79. The number of carbonyl (C=O) groups is 1. The molecule has 17 heavy (non-hydrogen) atoms. The summed E-state index contributed by atoms with van der Waals surface area (Å²) >= 11 is 0.